The van der Waals surface area contributed by atoms with Crippen LogP contribution in [0, 0.1) is 4.77 Å². The van der Waals surface area contributed by atoms with Crippen LogP contribution < -0.4 is 0 Å². The maximum Gasteiger partial charge on any atom is 0.225 e. The van der Waals surface area contributed by atoms with Gasteiger partial charge >= 0.3 is 0 Å². The number of rotatable bonds is 4. The third kappa shape index (κ3) is 3.84. The van der Waals surface area contributed by atoms with Gasteiger partial charge in [0.25, 0.3) is 0 Å². The molecule has 1 unspecified atom stereocenters. The molecule has 1 saturated heterocycles. The van der Waals surface area contributed by atoms with Gasteiger partial charge in [-0.15, -0.1) is 0 Å². The van der Waals surface area contributed by atoms with Crippen molar-refractivity contribution in [3.63, 3.8) is 0 Å². The van der Waals surface area contributed by atoms with E-state index < -0.39 is 0 Å². The van der Waals surface area contributed by atoms with E-state index in [1.165, 1.54) is 0 Å². The lowest BCUT2D eigenvalue weighted by Crippen LogP contribution is -2.41. The fourth-order valence-electron chi connectivity index (χ4n) is 4.54. The van der Waals surface area contributed by atoms with Crippen molar-refractivity contribution in [2.75, 3.05) is 13.1 Å². The van der Waals surface area contributed by atoms with E-state index in [1.54, 1.807) is 18.0 Å². The Morgan fingerprint density at radius 1 is 1.23 bits per heavy atom. The smallest absolute Gasteiger partial charge is 0.225 e. The van der Waals surface area contributed by atoms with E-state index in [1.807, 2.05) is 39.8 Å². The molecule has 0 radical (unpaired) electrons. The van der Waals surface area contributed by atoms with Crippen molar-refractivity contribution in [3.05, 3.63) is 52.2 Å². The molecule has 3 heterocycles. The van der Waals surface area contributed by atoms with Gasteiger partial charge in [0.1, 0.15) is 5.82 Å². The minimum absolute atomic E-state index is 0.0559. The lowest BCUT2D eigenvalue weighted by Gasteiger charge is -2.36. The Morgan fingerprint density at radius 2 is 1.97 bits per heavy atom. The molecule has 1 aromatic heterocycles. The van der Waals surface area contributed by atoms with Crippen LogP contribution in [-0.4, -0.2) is 49.5 Å². The number of nitrogens with zero attached hydrogens (tertiary/aromatic N) is 4. The van der Waals surface area contributed by atoms with E-state index in [9.17, 15) is 9.59 Å². The Bertz CT molecular complexity index is 1030. The number of likely N-dealkylation sites (tertiary alicyclic amines) is 1. The normalized spacial score (nSPS) is 19.1. The minimum atomic E-state index is -0.259. The monoisotopic (exact) mass is 425 g/mol. The molecule has 0 saturated carbocycles. The summed E-state index contributed by atoms with van der Waals surface area (Å²) in [4.78, 5) is 28.9. The van der Waals surface area contributed by atoms with Crippen molar-refractivity contribution in [1.82, 2.24) is 24.6 Å². The standard InChI is InChI=1S/C22H27N5O2S/c1-3-26-21(23-24-22(26)30)17-8-11-25(12-9-17)20(29)14-19-18-7-5-4-6-16(18)10-13-27(19)15(2)28/h4-7,10,13,17,19H,3,8-9,11-12,14H2,1-2H3,(H,24,30). The molecule has 0 spiro atoms. The summed E-state index contributed by atoms with van der Waals surface area (Å²) in [5.41, 5.74) is 2.09. The number of carbonyl (C=O) groups excluding carboxylic acids is 2. The second-order valence-electron chi connectivity index (χ2n) is 7.88. The number of piperidine rings is 1. The van der Waals surface area contributed by atoms with Crippen molar-refractivity contribution in [2.45, 2.75) is 51.6 Å². The first-order chi connectivity index (χ1) is 14.5. The fourth-order valence-corrected chi connectivity index (χ4v) is 4.81. The first kappa shape index (κ1) is 20.5. The van der Waals surface area contributed by atoms with Crippen LogP contribution >= 0.6 is 12.2 Å². The Morgan fingerprint density at radius 3 is 2.67 bits per heavy atom. The molecule has 4 rings (SSSR count). The molecule has 1 fully saturated rings. The predicted molar refractivity (Wildman–Crippen MR) is 117 cm³/mol. The molecule has 0 bridgehead atoms. The van der Waals surface area contributed by atoms with Gasteiger partial charge in [-0.05, 0) is 49.2 Å². The summed E-state index contributed by atoms with van der Waals surface area (Å²) < 4.78 is 2.69. The zero-order valence-electron chi connectivity index (χ0n) is 17.4. The third-order valence-corrected chi connectivity index (χ3v) is 6.47. The third-order valence-electron chi connectivity index (χ3n) is 6.15. The van der Waals surface area contributed by atoms with E-state index in [2.05, 4.69) is 17.1 Å². The number of H-pyrrole nitrogens is 1. The zero-order chi connectivity index (χ0) is 21.3. The first-order valence-electron chi connectivity index (χ1n) is 10.5. The van der Waals surface area contributed by atoms with Crippen LogP contribution in [0.3, 0.4) is 0 Å². The van der Waals surface area contributed by atoms with Crippen molar-refractivity contribution >= 4 is 30.1 Å². The van der Waals surface area contributed by atoms with Crippen LogP contribution in [0.1, 0.15) is 62.0 Å². The number of aromatic nitrogens is 3. The fraction of sp³-hybridized carbons (Fsp3) is 0.455. The number of nitrogens with one attached hydrogen (secondary N) is 1. The highest BCUT2D eigenvalue weighted by Gasteiger charge is 2.32. The maximum absolute atomic E-state index is 13.1. The van der Waals surface area contributed by atoms with Crippen molar-refractivity contribution in [2.24, 2.45) is 0 Å². The van der Waals surface area contributed by atoms with E-state index in [-0.39, 0.29) is 17.9 Å². The molecule has 2 amide bonds. The lowest BCUT2D eigenvalue weighted by molar-refractivity contribution is -0.135. The Hall–Kier alpha value is -2.74. The molecule has 2 aliphatic heterocycles. The molecule has 8 heteroatoms. The lowest BCUT2D eigenvalue weighted by atomic mass is 9.92. The van der Waals surface area contributed by atoms with Crippen LogP contribution in [0.25, 0.3) is 6.08 Å². The van der Waals surface area contributed by atoms with Crippen LogP contribution in [0.4, 0.5) is 0 Å². The highest BCUT2D eigenvalue weighted by atomic mass is 32.1. The largest absolute Gasteiger partial charge is 0.343 e. The van der Waals surface area contributed by atoms with E-state index in [4.69, 9.17) is 12.2 Å². The van der Waals surface area contributed by atoms with Crippen LogP contribution in [0.5, 0.6) is 0 Å². The van der Waals surface area contributed by atoms with Gasteiger partial charge in [-0.3, -0.25) is 14.7 Å². The molecular formula is C22H27N5O2S. The van der Waals surface area contributed by atoms with Gasteiger partial charge in [0.05, 0.1) is 12.5 Å². The number of amides is 2. The highest BCUT2D eigenvalue weighted by Crippen LogP contribution is 2.34. The number of fused-ring (bicyclic) bond motifs is 1. The van der Waals surface area contributed by atoms with E-state index in [0.29, 0.717) is 30.2 Å². The van der Waals surface area contributed by atoms with E-state index >= 15 is 0 Å². The Balaban J connectivity index is 1.45. The topological polar surface area (TPSA) is 74.2 Å². The van der Waals surface area contributed by atoms with Crippen LogP contribution in [0.2, 0.25) is 0 Å². The predicted octanol–water partition coefficient (Wildman–Crippen LogP) is 3.63. The average molecular weight is 426 g/mol. The summed E-state index contributed by atoms with van der Waals surface area (Å²) in [5, 5.41) is 7.31. The second-order valence-corrected chi connectivity index (χ2v) is 8.26. The van der Waals surface area contributed by atoms with Gasteiger partial charge in [-0.1, -0.05) is 24.3 Å². The number of hydrogen-bond acceptors (Lipinski definition) is 4. The Labute approximate surface area is 181 Å². The number of carbonyl (C=O) groups is 2. The quantitative estimate of drug-likeness (QED) is 0.759. The Kier molecular flexibility index (Phi) is 5.85. The van der Waals surface area contributed by atoms with Gasteiger partial charge in [0.15, 0.2) is 4.77 Å². The molecule has 0 aliphatic carbocycles. The SMILES string of the molecule is CCn1c(C2CCN(C(=O)CC3c4ccccc4C=CN3C(C)=O)CC2)n[nH]c1=S. The summed E-state index contributed by atoms with van der Waals surface area (Å²) in [6.07, 6.45) is 5.75. The van der Waals surface area contributed by atoms with Crippen molar-refractivity contribution in [3.8, 4) is 0 Å². The van der Waals surface area contributed by atoms with Crippen molar-refractivity contribution < 1.29 is 9.59 Å². The van der Waals surface area contributed by atoms with Crippen molar-refractivity contribution in [1.29, 1.82) is 0 Å². The number of benzene rings is 1. The molecule has 2 aromatic rings. The van der Waals surface area contributed by atoms with Gasteiger partial charge in [0, 0.05) is 38.7 Å². The van der Waals surface area contributed by atoms with Gasteiger partial charge in [-0.2, -0.15) is 5.10 Å². The molecular weight excluding hydrogens is 398 g/mol. The average Bonchev–Trinajstić information content (AvgIpc) is 3.14. The summed E-state index contributed by atoms with van der Waals surface area (Å²) >= 11 is 5.30. The summed E-state index contributed by atoms with van der Waals surface area (Å²) in [6.45, 7) is 5.78. The molecule has 1 N–H and O–H groups in total. The maximum atomic E-state index is 13.1. The van der Waals surface area contributed by atoms with Crippen LogP contribution in [-0.2, 0) is 16.1 Å². The minimum Gasteiger partial charge on any atom is -0.343 e. The molecule has 158 valence electrons. The van der Waals surface area contributed by atoms with Gasteiger partial charge < -0.3 is 14.4 Å². The van der Waals surface area contributed by atoms with E-state index in [0.717, 1.165) is 36.3 Å². The number of hydrogen-bond donors (Lipinski definition) is 1. The zero-order valence-corrected chi connectivity index (χ0v) is 18.2. The molecule has 1 aromatic carbocycles. The molecule has 7 nitrogen and oxygen atoms in total. The molecule has 1 atom stereocenters. The first-order valence-corrected chi connectivity index (χ1v) is 10.9. The summed E-state index contributed by atoms with van der Waals surface area (Å²) in [7, 11) is 0. The second kappa shape index (κ2) is 8.55. The molecule has 30 heavy (non-hydrogen) atoms. The molecule has 2 aliphatic rings. The summed E-state index contributed by atoms with van der Waals surface area (Å²) in [5.74, 6) is 1.32. The van der Waals surface area contributed by atoms with Gasteiger partial charge in [0.2, 0.25) is 11.8 Å². The van der Waals surface area contributed by atoms with Gasteiger partial charge in [-0.25, -0.2) is 0 Å². The van der Waals surface area contributed by atoms with Crippen LogP contribution in [0.15, 0.2) is 30.5 Å². The highest BCUT2D eigenvalue weighted by molar-refractivity contribution is 7.71. The summed E-state index contributed by atoms with van der Waals surface area (Å²) in [6, 6.07) is 7.70. The number of aromatic amines is 1.